The summed E-state index contributed by atoms with van der Waals surface area (Å²) in [5, 5.41) is 11.9. The molecule has 84 valence electrons. The number of ether oxygens (including phenoxy) is 1. The van der Waals surface area contributed by atoms with Gasteiger partial charge < -0.3 is 10.1 Å². The standard InChI is InChI=1S/C12H13FN2O/c1-16-12-5-11(6-12)15-10-3-8(7-14)2-9(13)4-10/h2-4,11-12,15H,5-6H2,1H3. The highest BCUT2D eigenvalue weighted by Gasteiger charge is 2.28. The van der Waals surface area contributed by atoms with E-state index in [-0.39, 0.29) is 5.82 Å². The smallest absolute Gasteiger partial charge is 0.126 e. The zero-order valence-corrected chi connectivity index (χ0v) is 9.03. The molecule has 1 saturated carbocycles. The first-order valence-corrected chi connectivity index (χ1v) is 5.21. The molecule has 1 aromatic rings. The summed E-state index contributed by atoms with van der Waals surface area (Å²) < 4.78 is 18.3. The van der Waals surface area contributed by atoms with Crippen molar-refractivity contribution in [3.63, 3.8) is 0 Å². The number of methoxy groups -OCH3 is 1. The molecule has 1 aliphatic carbocycles. The van der Waals surface area contributed by atoms with Gasteiger partial charge in [-0.25, -0.2) is 4.39 Å². The summed E-state index contributed by atoms with van der Waals surface area (Å²) in [7, 11) is 1.69. The van der Waals surface area contributed by atoms with Gasteiger partial charge in [-0.05, 0) is 31.0 Å². The van der Waals surface area contributed by atoms with Crippen LogP contribution in [-0.2, 0) is 4.74 Å². The number of rotatable bonds is 3. The van der Waals surface area contributed by atoms with E-state index < -0.39 is 0 Å². The zero-order chi connectivity index (χ0) is 11.5. The van der Waals surface area contributed by atoms with E-state index in [2.05, 4.69) is 5.32 Å². The Hall–Kier alpha value is -1.60. The van der Waals surface area contributed by atoms with Crippen LogP contribution in [0.4, 0.5) is 10.1 Å². The van der Waals surface area contributed by atoms with Crippen molar-refractivity contribution in [1.29, 1.82) is 5.26 Å². The number of hydrogen-bond donors (Lipinski definition) is 1. The highest BCUT2D eigenvalue weighted by atomic mass is 19.1. The van der Waals surface area contributed by atoms with Crippen molar-refractivity contribution in [1.82, 2.24) is 0 Å². The Kier molecular flexibility index (Phi) is 3.07. The third kappa shape index (κ3) is 2.31. The Morgan fingerprint density at radius 2 is 2.19 bits per heavy atom. The van der Waals surface area contributed by atoms with E-state index in [1.54, 1.807) is 13.2 Å². The molecule has 3 nitrogen and oxygen atoms in total. The van der Waals surface area contributed by atoms with Crippen LogP contribution in [0, 0.1) is 17.1 Å². The fraction of sp³-hybridized carbons (Fsp3) is 0.417. The van der Waals surface area contributed by atoms with E-state index in [4.69, 9.17) is 10.00 Å². The first-order chi connectivity index (χ1) is 7.71. The summed E-state index contributed by atoms with van der Waals surface area (Å²) in [5.74, 6) is -0.385. The van der Waals surface area contributed by atoms with E-state index in [0.29, 0.717) is 23.4 Å². The summed E-state index contributed by atoms with van der Waals surface area (Å²) in [4.78, 5) is 0. The summed E-state index contributed by atoms with van der Waals surface area (Å²) in [5.41, 5.74) is 1.00. The van der Waals surface area contributed by atoms with Crippen LogP contribution in [0.1, 0.15) is 18.4 Å². The molecule has 0 spiro atoms. The SMILES string of the molecule is COC1CC(Nc2cc(F)cc(C#N)c2)C1. The third-order valence-corrected chi connectivity index (χ3v) is 2.83. The molecule has 1 aromatic carbocycles. The Labute approximate surface area is 93.8 Å². The summed E-state index contributed by atoms with van der Waals surface area (Å²) in [6, 6.07) is 6.54. The van der Waals surface area contributed by atoms with E-state index in [9.17, 15) is 4.39 Å². The molecule has 0 amide bonds. The lowest BCUT2D eigenvalue weighted by atomic mass is 9.89. The van der Waals surface area contributed by atoms with Gasteiger partial charge in [0.05, 0.1) is 17.7 Å². The first-order valence-electron chi connectivity index (χ1n) is 5.21. The molecule has 0 radical (unpaired) electrons. The van der Waals surface area contributed by atoms with Crippen LogP contribution >= 0.6 is 0 Å². The van der Waals surface area contributed by atoms with Crippen molar-refractivity contribution in [3.05, 3.63) is 29.6 Å². The third-order valence-electron chi connectivity index (χ3n) is 2.83. The summed E-state index contributed by atoms with van der Waals surface area (Å²) in [6.07, 6.45) is 2.16. The molecule has 1 N–H and O–H groups in total. The van der Waals surface area contributed by atoms with E-state index >= 15 is 0 Å². The minimum absolute atomic E-state index is 0.307. The Morgan fingerprint density at radius 3 is 2.81 bits per heavy atom. The van der Waals surface area contributed by atoms with Crippen molar-refractivity contribution in [2.24, 2.45) is 0 Å². The lowest BCUT2D eigenvalue weighted by Crippen LogP contribution is -2.40. The second-order valence-electron chi connectivity index (χ2n) is 4.01. The fourth-order valence-corrected chi connectivity index (χ4v) is 1.85. The lowest BCUT2D eigenvalue weighted by molar-refractivity contribution is 0.0329. The highest BCUT2D eigenvalue weighted by Crippen LogP contribution is 2.26. The number of nitrogens with zero attached hydrogens (tertiary/aromatic N) is 1. The van der Waals surface area contributed by atoms with Gasteiger partial charge in [-0.15, -0.1) is 0 Å². The highest BCUT2D eigenvalue weighted by molar-refractivity contribution is 5.50. The molecular formula is C12H13FN2O. The van der Waals surface area contributed by atoms with Crippen molar-refractivity contribution < 1.29 is 9.13 Å². The van der Waals surface area contributed by atoms with Crippen molar-refractivity contribution in [3.8, 4) is 6.07 Å². The number of halogens is 1. The van der Waals surface area contributed by atoms with Gasteiger partial charge in [0.15, 0.2) is 0 Å². The number of nitrogens with one attached hydrogen (secondary N) is 1. The second-order valence-corrected chi connectivity index (χ2v) is 4.01. The molecule has 0 bridgehead atoms. The van der Waals surface area contributed by atoms with Gasteiger partial charge >= 0.3 is 0 Å². The van der Waals surface area contributed by atoms with Crippen LogP contribution < -0.4 is 5.32 Å². The number of nitriles is 1. The maximum absolute atomic E-state index is 13.1. The quantitative estimate of drug-likeness (QED) is 0.850. The van der Waals surface area contributed by atoms with Gasteiger partial charge in [0.25, 0.3) is 0 Å². The summed E-state index contributed by atoms with van der Waals surface area (Å²) in [6.45, 7) is 0. The number of hydrogen-bond acceptors (Lipinski definition) is 3. The van der Waals surface area contributed by atoms with E-state index in [1.807, 2.05) is 6.07 Å². The van der Waals surface area contributed by atoms with Crippen molar-refractivity contribution in [2.45, 2.75) is 25.0 Å². The van der Waals surface area contributed by atoms with E-state index in [1.165, 1.54) is 12.1 Å². The monoisotopic (exact) mass is 220 g/mol. The van der Waals surface area contributed by atoms with Gasteiger partial charge in [-0.3, -0.25) is 0 Å². The van der Waals surface area contributed by atoms with Crippen LogP contribution in [0.3, 0.4) is 0 Å². The van der Waals surface area contributed by atoms with Crippen LogP contribution in [0.25, 0.3) is 0 Å². The molecular weight excluding hydrogens is 207 g/mol. The minimum atomic E-state index is -0.385. The fourth-order valence-electron chi connectivity index (χ4n) is 1.85. The van der Waals surface area contributed by atoms with Crippen LogP contribution in [-0.4, -0.2) is 19.3 Å². The van der Waals surface area contributed by atoms with Gasteiger partial charge in [0.1, 0.15) is 5.82 Å². The van der Waals surface area contributed by atoms with Gasteiger partial charge in [0.2, 0.25) is 0 Å². The number of anilines is 1. The Morgan fingerprint density at radius 1 is 1.44 bits per heavy atom. The first kappa shape index (κ1) is 10.9. The molecule has 1 fully saturated rings. The lowest BCUT2D eigenvalue weighted by Gasteiger charge is -2.35. The molecule has 0 aromatic heterocycles. The number of benzene rings is 1. The van der Waals surface area contributed by atoms with Gasteiger partial charge in [0, 0.05) is 18.8 Å². The van der Waals surface area contributed by atoms with Crippen LogP contribution in [0.2, 0.25) is 0 Å². The molecule has 0 aliphatic heterocycles. The minimum Gasteiger partial charge on any atom is -0.382 e. The molecule has 0 heterocycles. The molecule has 1 aliphatic rings. The zero-order valence-electron chi connectivity index (χ0n) is 9.03. The Balaban J connectivity index is 2.00. The topological polar surface area (TPSA) is 45.0 Å². The molecule has 4 heteroatoms. The van der Waals surface area contributed by atoms with Crippen molar-refractivity contribution in [2.75, 3.05) is 12.4 Å². The molecule has 0 saturated heterocycles. The molecule has 16 heavy (non-hydrogen) atoms. The van der Waals surface area contributed by atoms with Crippen LogP contribution in [0.15, 0.2) is 18.2 Å². The van der Waals surface area contributed by atoms with E-state index in [0.717, 1.165) is 12.8 Å². The predicted octanol–water partition coefficient (Wildman–Crippen LogP) is 2.29. The second kappa shape index (κ2) is 4.50. The predicted molar refractivity (Wildman–Crippen MR) is 58.6 cm³/mol. The molecule has 0 atom stereocenters. The average molecular weight is 220 g/mol. The van der Waals surface area contributed by atoms with Gasteiger partial charge in [-0.2, -0.15) is 5.26 Å². The molecule has 2 rings (SSSR count). The summed E-state index contributed by atoms with van der Waals surface area (Å²) >= 11 is 0. The largest absolute Gasteiger partial charge is 0.382 e. The van der Waals surface area contributed by atoms with Crippen LogP contribution in [0.5, 0.6) is 0 Å². The molecule has 0 unspecified atom stereocenters. The van der Waals surface area contributed by atoms with Crippen molar-refractivity contribution >= 4 is 5.69 Å². The average Bonchev–Trinajstić information content (AvgIpc) is 2.22. The van der Waals surface area contributed by atoms with Gasteiger partial charge in [-0.1, -0.05) is 0 Å². The Bertz CT molecular complexity index is 422. The normalized spacial score (nSPS) is 23.3. The maximum Gasteiger partial charge on any atom is 0.126 e. The maximum atomic E-state index is 13.1.